The van der Waals surface area contributed by atoms with E-state index in [1.807, 2.05) is 24.3 Å². The third-order valence-corrected chi connectivity index (χ3v) is 2.85. The SMILES string of the molecule is C=C1Oc2ccccc2CC1CC(=O)OCC. The van der Waals surface area contributed by atoms with Gasteiger partial charge in [-0.05, 0) is 25.0 Å². The molecule has 2 rings (SSSR count). The van der Waals surface area contributed by atoms with Gasteiger partial charge in [0.05, 0.1) is 13.0 Å². The predicted molar refractivity (Wildman–Crippen MR) is 64.7 cm³/mol. The van der Waals surface area contributed by atoms with E-state index in [2.05, 4.69) is 6.58 Å². The lowest BCUT2D eigenvalue weighted by molar-refractivity contribution is -0.144. The summed E-state index contributed by atoms with van der Waals surface area (Å²) in [6.07, 6.45) is 1.12. The Labute approximate surface area is 101 Å². The summed E-state index contributed by atoms with van der Waals surface area (Å²) < 4.78 is 10.6. The molecule has 0 N–H and O–H groups in total. The van der Waals surface area contributed by atoms with Gasteiger partial charge >= 0.3 is 5.97 Å². The van der Waals surface area contributed by atoms with Gasteiger partial charge in [-0.15, -0.1) is 0 Å². The lowest BCUT2D eigenvalue weighted by atomic mass is 9.92. The third-order valence-electron chi connectivity index (χ3n) is 2.85. The van der Waals surface area contributed by atoms with Crippen LogP contribution in [0.4, 0.5) is 0 Å². The van der Waals surface area contributed by atoms with Gasteiger partial charge in [0.2, 0.25) is 0 Å². The second kappa shape index (κ2) is 5.04. The van der Waals surface area contributed by atoms with E-state index in [0.717, 1.165) is 17.7 Å². The van der Waals surface area contributed by atoms with Crippen molar-refractivity contribution in [1.29, 1.82) is 0 Å². The number of esters is 1. The van der Waals surface area contributed by atoms with E-state index in [9.17, 15) is 4.79 Å². The van der Waals surface area contributed by atoms with Crippen molar-refractivity contribution in [1.82, 2.24) is 0 Å². The fourth-order valence-corrected chi connectivity index (χ4v) is 1.98. The Morgan fingerprint density at radius 3 is 3.06 bits per heavy atom. The smallest absolute Gasteiger partial charge is 0.306 e. The van der Waals surface area contributed by atoms with Crippen molar-refractivity contribution in [3.05, 3.63) is 42.2 Å². The van der Waals surface area contributed by atoms with Crippen LogP contribution in [-0.4, -0.2) is 12.6 Å². The monoisotopic (exact) mass is 232 g/mol. The van der Waals surface area contributed by atoms with Crippen molar-refractivity contribution in [2.75, 3.05) is 6.61 Å². The Morgan fingerprint density at radius 2 is 2.29 bits per heavy atom. The number of hydrogen-bond donors (Lipinski definition) is 0. The van der Waals surface area contributed by atoms with Gasteiger partial charge in [0.1, 0.15) is 11.5 Å². The van der Waals surface area contributed by atoms with Gasteiger partial charge in [-0.1, -0.05) is 24.8 Å². The van der Waals surface area contributed by atoms with E-state index >= 15 is 0 Å². The van der Waals surface area contributed by atoms with E-state index in [4.69, 9.17) is 9.47 Å². The quantitative estimate of drug-likeness (QED) is 0.752. The highest BCUT2D eigenvalue weighted by atomic mass is 16.5. The number of hydrogen-bond acceptors (Lipinski definition) is 3. The van der Waals surface area contributed by atoms with E-state index in [1.165, 1.54) is 0 Å². The molecule has 0 radical (unpaired) electrons. The second-order valence-electron chi connectivity index (χ2n) is 4.09. The number of fused-ring (bicyclic) bond motifs is 1. The molecule has 1 unspecified atom stereocenters. The first kappa shape index (κ1) is 11.7. The molecule has 0 aliphatic carbocycles. The van der Waals surface area contributed by atoms with Crippen LogP contribution in [0.2, 0.25) is 0 Å². The molecule has 0 fully saturated rings. The topological polar surface area (TPSA) is 35.5 Å². The molecule has 0 amide bonds. The zero-order valence-corrected chi connectivity index (χ0v) is 9.94. The van der Waals surface area contributed by atoms with Gasteiger partial charge in [0.15, 0.2) is 0 Å². The largest absolute Gasteiger partial charge is 0.466 e. The minimum Gasteiger partial charge on any atom is -0.466 e. The number of para-hydroxylation sites is 1. The number of carbonyl (C=O) groups is 1. The maximum Gasteiger partial charge on any atom is 0.306 e. The minimum absolute atomic E-state index is 0.0175. The number of allylic oxidation sites excluding steroid dienone is 1. The van der Waals surface area contributed by atoms with Crippen molar-refractivity contribution in [3.63, 3.8) is 0 Å². The van der Waals surface area contributed by atoms with Gasteiger partial charge in [-0.2, -0.15) is 0 Å². The summed E-state index contributed by atoms with van der Waals surface area (Å²) in [6, 6.07) is 7.83. The Hall–Kier alpha value is -1.77. The summed E-state index contributed by atoms with van der Waals surface area (Å²) in [5, 5.41) is 0. The fraction of sp³-hybridized carbons (Fsp3) is 0.357. The second-order valence-corrected chi connectivity index (χ2v) is 4.09. The molecule has 0 spiro atoms. The van der Waals surface area contributed by atoms with Crippen LogP contribution in [0.3, 0.4) is 0 Å². The van der Waals surface area contributed by atoms with Gasteiger partial charge in [-0.3, -0.25) is 4.79 Å². The highest BCUT2D eigenvalue weighted by molar-refractivity contribution is 5.70. The summed E-state index contributed by atoms with van der Waals surface area (Å²) in [6.45, 7) is 6.09. The first-order valence-corrected chi connectivity index (χ1v) is 5.81. The molecular formula is C14H16O3. The van der Waals surface area contributed by atoms with E-state index < -0.39 is 0 Å². The summed E-state index contributed by atoms with van der Waals surface area (Å²) in [4.78, 5) is 11.4. The molecule has 3 nitrogen and oxygen atoms in total. The first-order valence-electron chi connectivity index (χ1n) is 5.81. The van der Waals surface area contributed by atoms with Crippen molar-refractivity contribution in [2.45, 2.75) is 19.8 Å². The van der Waals surface area contributed by atoms with Crippen LogP contribution in [-0.2, 0) is 16.0 Å². The Balaban J connectivity index is 2.07. The van der Waals surface area contributed by atoms with Gasteiger partial charge in [-0.25, -0.2) is 0 Å². The molecule has 17 heavy (non-hydrogen) atoms. The van der Waals surface area contributed by atoms with E-state index in [0.29, 0.717) is 18.8 Å². The van der Waals surface area contributed by atoms with Gasteiger partial charge in [0.25, 0.3) is 0 Å². The normalized spacial score (nSPS) is 18.2. The molecule has 0 bridgehead atoms. The van der Waals surface area contributed by atoms with Crippen molar-refractivity contribution < 1.29 is 14.3 Å². The van der Waals surface area contributed by atoms with Gasteiger partial charge in [0, 0.05) is 5.92 Å². The minimum atomic E-state index is -0.193. The van der Waals surface area contributed by atoms with E-state index in [1.54, 1.807) is 6.92 Å². The van der Waals surface area contributed by atoms with Crippen molar-refractivity contribution in [3.8, 4) is 5.75 Å². The highest BCUT2D eigenvalue weighted by Crippen LogP contribution is 2.33. The molecule has 0 saturated carbocycles. The third kappa shape index (κ3) is 2.67. The highest BCUT2D eigenvalue weighted by Gasteiger charge is 2.26. The van der Waals surface area contributed by atoms with Crippen molar-refractivity contribution in [2.24, 2.45) is 5.92 Å². The lowest BCUT2D eigenvalue weighted by Gasteiger charge is -2.26. The zero-order chi connectivity index (χ0) is 12.3. The first-order chi connectivity index (χ1) is 8.20. The Bertz CT molecular complexity index is 437. The summed E-state index contributed by atoms with van der Waals surface area (Å²) in [7, 11) is 0. The van der Waals surface area contributed by atoms with Crippen LogP contribution < -0.4 is 4.74 Å². The maximum atomic E-state index is 11.4. The molecule has 1 aromatic carbocycles. The van der Waals surface area contributed by atoms with Crippen LogP contribution in [0.1, 0.15) is 18.9 Å². The van der Waals surface area contributed by atoms with Crippen LogP contribution in [0.5, 0.6) is 5.75 Å². The molecule has 1 heterocycles. The molecule has 1 aromatic rings. The summed E-state index contributed by atoms with van der Waals surface area (Å²) in [5.74, 6) is 1.32. The van der Waals surface area contributed by atoms with Crippen molar-refractivity contribution >= 4 is 5.97 Å². The van der Waals surface area contributed by atoms with Crippen LogP contribution >= 0.6 is 0 Å². The van der Waals surface area contributed by atoms with Gasteiger partial charge < -0.3 is 9.47 Å². The molecule has 3 heteroatoms. The average molecular weight is 232 g/mol. The number of rotatable bonds is 3. The number of ether oxygens (including phenoxy) is 2. The molecule has 0 aromatic heterocycles. The average Bonchev–Trinajstić information content (AvgIpc) is 2.30. The molecule has 1 aliphatic rings. The predicted octanol–water partition coefficient (Wildman–Crippen LogP) is 2.70. The lowest BCUT2D eigenvalue weighted by Crippen LogP contribution is -2.22. The molecule has 0 saturated heterocycles. The van der Waals surface area contributed by atoms with E-state index in [-0.39, 0.29) is 11.9 Å². The van der Waals surface area contributed by atoms with Crippen LogP contribution in [0.25, 0.3) is 0 Å². The Morgan fingerprint density at radius 1 is 1.53 bits per heavy atom. The van der Waals surface area contributed by atoms with Crippen LogP contribution in [0.15, 0.2) is 36.6 Å². The Kier molecular flexibility index (Phi) is 3.47. The molecule has 90 valence electrons. The zero-order valence-electron chi connectivity index (χ0n) is 9.94. The molecular weight excluding hydrogens is 216 g/mol. The molecule has 1 aliphatic heterocycles. The molecule has 1 atom stereocenters. The maximum absolute atomic E-state index is 11.4. The summed E-state index contributed by atoms with van der Waals surface area (Å²) in [5.41, 5.74) is 1.12. The number of carbonyl (C=O) groups excluding carboxylic acids is 1. The standard InChI is InChI=1S/C14H16O3/c1-3-16-14(15)9-12-8-11-6-4-5-7-13(11)17-10(12)2/h4-7,12H,2-3,8-9H2,1H3. The van der Waals surface area contributed by atoms with Crippen LogP contribution in [0, 0.1) is 5.92 Å². The fourth-order valence-electron chi connectivity index (χ4n) is 1.98. The number of benzene rings is 1. The summed E-state index contributed by atoms with van der Waals surface area (Å²) >= 11 is 0.